The van der Waals surface area contributed by atoms with Crippen molar-refractivity contribution in [2.24, 2.45) is 0 Å². The highest BCUT2D eigenvalue weighted by Gasteiger charge is 2.24. The Bertz CT molecular complexity index is 490. The first-order valence-electron chi connectivity index (χ1n) is 6.52. The highest BCUT2D eigenvalue weighted by Crippen LogP contribution is 2.12. The molecule has 1 rings (SSSR count). The SMILES string of the molecule is COc1cccc(CCNC(=O)NC(C(=O)O)C(C)O)c1. The third-order valence-corrected chi connectivity index (χ3v) is 2.87. The molecule has 21 heavy (non-hydrogen) atoms. The molecule has 0 aliphatic carbocycles. The Kier molecular flexibility index (Phi) is 6.48. The van der Waals surface area contributed by atoms with E-state index in [9.17, 15) is 14.7 Å². The van der Waals surface area contributed by atoms with Crippen molar-refractivity contribution in [3.8, 4) is 5.75 Å². The number of aliphatic carboxylic acids is 1. The van der Waals surface area contributed by atoms with Gasteiger partial charge in [-0.2, -0.15) is 0 Å². The second-order valence-corrected chi connectivity index (χ2v) is 4.56. The van der Waals surface area contributed by atoms with Gasteiger partial charge in [-0.1, -0.05) is 12.1 Å². The summed E-state index contributed by atoms with van der Waals surface area (Å²) in [6.45, 7) is 1.64. The summed E-state index contributed by atoms with van der Waals surface area (Å²) in [7, 11) is 1.58. The van der Waals surface area contributed by atoms with Crippen molar-refractivity contribution in [2.75, 3.05) is 13.7 Å². The van der Waals surface area contributed by atoms with Gasteiger partial charge in [-0.05, 0) is 31.0 Å². The summed E-state index contributed by atoms with van der Waals surface area (Å²) in [5, 5.41) is 22.8. The Hall–Kier alpha value is -2.28. The number of aliphatic hydroxyl groups is 1. The van der Waals surface area contributed by atoms with Crippen LogP contribution in [0.5, 0.6) is 5.75 Å². The summed E-state index contributed by atoms with van der Waals surface area (Å²) in [5.41, 5.74) is 0.986. The van der Waals surface area contributed by atoms with Gasteiger partial charge in [0, 0.05) is 6.54 Å². The first-order valence-corrected chi connectivity index (χ1v) is 6.52. The summed E-state index contributed by atoms with van der Waals surface area (Å²) in [4.78, 5) is 22.4. The van der Waals surface area contributed by atoms with E-state index >= 15 is 0 Å². The van der Waals surface area contributed by atoms with Crippen molar-refractivity contribution in [2.45, 2.75) is 25.5 Å². The highest BCUT2D eigenvalue weighted by molar-refractivity contribution is 5.82. The summed E-state index contributed by atoms with van der Waals surface area (Å²) in [6.07, 6.45) is -0.594. The molecular weight excluding hydrogens is 276 g/mol. The predicted octanol–water partition coefficient (Wildman–Crippen LogP) is 0.371. The molecule has 0 radical (unpaired) electrons. The van der Waals surface area contributed by atoms with E-state index < -0.39 is 24.1 Å². The molecule has 0 spiro atoms. The maximum absolute atomic E-state index is 11.6. The molecule has 2 unspecified atom stereocenters. The zero-order chi connectivity index (χ0) is 15.8. The lowest BCUT2D eigenvalue weighted by atomic mass is 10.1. The number of nitrogens with one attached hydrogen (secondary N) is 2. The second-order valence-electron chi connectivity index (χ2n) is 4.56. The van der Waals surface area contributed by atoms with Crippen LogP contribution in [0.2, 0.25) is 0 Å². The maximum atomic E-state index is 11.6. The Balaban J connectivity index is 2.41. The third-order valence-electron chi connectivity index (χ3n) is 2.87. The Morgan fingerprint density at radius 3 is 2.67 bits per heavy atom. The molecule has 4 N–H and O–H groups in total. The Morgan fingerprint density at radius 2 is 2.10 bits per heavy atom. The van der Waals surface area contributed by atoms with Crippen LogP contribution in [0.3, 0.4) is 0 Å². The van der Waals surface area contributed by atoms with Gasteiger partial charge in [0.25, 0.3) is 0 Å². The van der Waals surface area contributed by atoms with E-state index in [1.54, 1.807) is 7.11 Å². The number of hydrogen-bond donors (Lipinski definition) is 4. The lowest BCUT2D eigenvalue weighted by molar-refractivity contribution is -0.141. The number of benzene rings is 1. The Labute approximate surface area is 122 Å². The molecule has 0 aliphatic heterocycles. The van der Waals surface area contributed by atoms with E-state index in [1.807, 2.05) is 24.3 Å². The monoisotopic (exact) mass is 296 g/mol. The smallest absolute Gasteiger partial charge is 0.328 e. The molecule has 7 nitrogen and oxygen atoms in total. The van der Waals surface area contributed by atoms with Crippen LogP contribution in [-0.2, 0) is 11.2 Å². The fourth-order valence-corrected chi connectivity index (χ4v) is 1.73. The molecule has 1 aromatic carbocycles. The molecule has 116 valence electrons. The van der Waals surface area contributed by atoms with E-state index in [-0.39, 0.29) is 0 Å². The van der Waals surface area contributed by atoms with Gasteiger partial charge in [0.15, 0.2) is 6.04 Å². The van der Waals surface area contributed by atoms with E-state index in [4.69, 9.17) is 9.84 Å². The molecule has 0 aromatic heterocycles. The van der Waals surface area contributed by atoms with Crippen LogP contribution < -0.4 is 15.4 Å². The number of carboxylic acid groups (broad SMARTS) is 1. The number of aliphatic hydroxyl groups excluding tert-OH is 1. The minimum Gasteiger partial charge on any atom is -0.497 e. The topological polar surface area (TPSA) is 108 Å². The van der Waals surface area contributed by atoms with E-state index in [0.717, 1.165) is 11.3 Å². The normalized spacial score (nSPS) is 13.1. The minimum atomic E-state index is -1.33. The van der Waals surface area contributed by atoms with Crippen molar-refractivity contribution in [3.05, 3.63) is 29.8 Å². The van der Waals surface area contributed by atoms with Crippen LogP contribution in [0, 0.1) is 0 Å². The van der Waals surface area contributed by atoms with Crippen LogP contribution in [0.4, 0.5) is 4.79 Å². The molecule has 0 fully saturated rings. The average Bonchev–Trinajstić information content (AvgIpc) is 2.44. The number of hydrogen-bond acceptors (Lipinski definition) is 4. The molecule has 0 saturated carbocycles. The predicted molar refractivity (Wildman–Crippen MR) is 76.3 cm³/mol. The van der Waals surface area contributed by atoms with Crippen LogP contribution in [0.1, 0.15) is 12.5 Å². The van der Waals surface area contributed by atoms with Crippen molar-refractivity contribution in [3.63, 3.8) is 0 Å². The van der Waals surface area contributed by atoms with Crippen molar-refractivity contribution in [1.82, 2.24) is 10.6 Å². The number of rotatable bonds is 7. The van der Waals surface area contributed by atoms with Gasteiger partial charge in [0.05, 0.1) is 13.2 Å². The van der Waals surface area contributed by atoms with E-state index in [0.29, 0.717) is 13.0 Å². The minimum absolute atomic E-state index is 0.338. The summed E-state index contributed by atoms with van der Waals surface area (Å²) < 4.78 is 5.09. The zero-order valence-corrected chi connectivity index (χ0v) is 12.0. The molecule has 2 amide bonds. The van der Waals surface area contributed by atoms with Gasteiger partial charge in [-0.25, -0.2) is 9.59 Å². The second kappa shape index (κ2) is 8.11. The van der Waals surface area contributed by atoms with Gasteiger partial charge in [0.2, 0.25) is 0 Å². The number of amides is 2. The fourth-order valence-electron chi connectivity index (χ4n) is 1.73. The molecular formula is C14H20N2O5. The van der Waals surface area contributed by atoms with Gasteiger partial charge in [0.1, 0.15) is 5.75 Å². The van der Waals surface area contributed by atoms with E-state index in [1.165, 1.54) is 6.92 Å². The van der Waals surface area contributed by atoms with Crippen molar-refractivity contribution >= 4 is 12.0 Å². The lowest BCUT2D eigenvalue weighted by Crippen LogP contribution is -2.51. The fraction of sp³-hybridized carbons (Fsp3) is 0.429. The number of urea groups is 1. The number of methoxy groups -OCH3 is 1. The highest BCUT2D eigenvalue weighted by atomic mass is 16.5. The maximum Gasteiger partial charge on any atom is 0.328 e. The van der Waals surface area contributed by atoms with Crippen LogP contribution in [-0.4, -0.2) is 48.0 Å². The molecule has 0 bridgehead atoms. The number of carbonyl (C=O) groups excluding carboxylic acids is 1. The standard InChI is InChI=1S/C14H20N2O5/c1-9(17)12(13(18)19)16-14(20)15-7-6-10-4-3-5-11(8-10)21-2/h3-5,8-9,12,17H,6-7H2,1-2H3,(H,18,19)(H2,15,16,20). The molecule has 0 saturated heterocycles. The van der Waals surface area contributed by atoms with Gasteiger partial charge in [-0.3, -0.25) is 0 Å². The summed E-state index contributed by atoms with van der Waals surface area (Å²) in [6, 6.07) is 5.47. The van der Waals surface area contributed by atoms with E-state index in [2.05, 4.69) is 10.6 Å². The average molecular weight is 296 g/mol. The zero-order valence-electron chi connectivity index (χ0n) is 12.0. The molecule has 2 atom stereocenters. The largest absolute Gasteiger partial charge is 0.497 e. The number of carboxylic acids is 1. The molecule has 0 heterocycles. The van der Waals surface area contributed by atoms with Crippen LogP contribution >= 0.6 is 0 Å². The van der Waals surface area contributed by atoms with Gasteiger partial charge < -0.3 is 25.6 Å². The number of carbonyl (C=O) groups is 2. The first kappa shape index (κ1) is 16.8. The summed E-state index contributed by atoms with van der Waals surface area (Å²) in [5.74, 6) is -0.551. The van der Waals surface area contributed by atoms with Crippen molar-refractivity contribution < 1.29 is 24.5 Å². The third kappa shape index (κ3) is 5.70. The van der Waals surface area contributed by atoms with Gasteiger partial charge in [-0.15, -0.1) is 0 Å². The summed E-state index contributed by atoms with van der Waals surface area (Å²) >= 11 is 0. The molecule has 7 heteroatoms. The van der Waals surface area contributed by atoms with Crippen molar-refractivity contribution in [1.29, 1.82) is 0 Å². The van der Waals surface area contributed by atoms with Crippen LogP contribution in [0.25, 0.3) is 0 Å². The first-order chi connectivity index (χ1) is 9.93. The quantitative estimate of drug-likeness (QED) is 0.581. The molecule has 1 aromatic rings. The number of ether oxygens (including phenoxy) is 1. The molecule has 0 aliphatic rings. The Morgan fingerprint density at radius 1 is 1.38 bits per heavy atom. The van der Waals surface area contributed by atoms with Crippen LogP contribution in [0.15, 0.2) is 24.3 Å². The van der Waals surface area contributed by atoms with Gasteiger partial charge >= 0.3 is 12.0 Å². The lowest BCUT2D eigenvalue weighted by Gasteiger charge is -2.17.